The summed E-state index contributed by atoms with van der Waals surface area (Å²) in [6, 6.07) is 0.255. The smallest absolute Gasteiger partial charge is 0.267 e. The Bertz CT molecular complexity index is 378. The molecule has 1 saturated carbocycles. The average molecular weight is 251 g/mol. The molecule has 0 unspecified atom stereocenters. The molecule has 0 atom stereocenters. The molecule has 5 nitrogen and oxygen atoms in total. The monoisotopic (exact) mass is 251 g/mol. The topological polar surface area (TPSA) is 70.6 Å². The van der Waals surface area contributed by atoms with Gasteiger partial charge in [0.2, 0.25) is 5.91 Å². The summed E-state index contributed by atoms with van der Waals surface area (Å²) < 4.78 is 0. The Labute approximate surface area is 107 Å². The third kappa shape index (κ3) is 3.31. The summed E-state index contributed by atoms with van der Waals surface area (Å²) >= 11 is 0. The van der Waals surface area contributed by atoms with Gasteiger partial charge in [0.1, 0.15) is 5.71 Å². The molecule has 0 aromatic rings. The van der Waals surface area contributed by atoms with Crippen LogP contribution in [-0.2, 0) is 9.59 Å². The minimum Gasteiger partial charge on any atom is -0.348 e. The largest absolute Gasteiger partial charge is 0.348 e. The van der Waals surface area contributed by atoms with E-state index in [1.54, 1.807) is 0 Å². The summed E-state index contributed by atoms with van der Waals surface area (Å²) in [5.74, 6) is -0.245. The normalized spacial score (nSPS) is 24.1. The Kier molecular flexibility index (Phi) is 3.68. The van der Waals surface area contributed by atoms with Crippen LogP contribution in [-0.4, -0.2) is 23.6 Å². The second kappa shape index (κ2) is 5.08. The maximum atomic E-state index is 11.9. The number of hydrazone groups is 1. The van der Waals surface area contributed by atoms with Gasteiger partial charge in [-0.15, -0.1) is 0 Å². The third-order valence-electron chi connectivity index (χ3n) is 3.84. The van der Waals surface area contributed by atoms with Gasteiger partial charge in [0.05, 0.1) is 0 Å². The Morgan fingerprint density at radius 3 is 2.56 bits per heavy atom. The van der Waals surface area contributed by atoms with E-state index in [9.17, 15) is 9.59 Å². The van der Waals surface area contributed by atoms with Gasteiger partial charge in [0.15, 0.2) is 0 Å². The average Bonchev–Trinajstić information content (AvgIpc) is 2.33. The lowest BCUT2D eigenvalue weighted by Gasteiger charge is -2.34. The van der Waals surface area contributed by atoms with Gasteiger partial charge >= 0.3 is 0 Å². The van der Waals surface area contributed by atoms with E-state index in [0.29, 0.717) is 24.0 Å². The Hall–Kier alpha value is -1.39. The maximum Gasteiger partial charge on any atom is 0.267 e. The van der Waals surface area contributed by atoms with Crippen molar-refractivity contribution in [3.63, 3.8) is 0 Å². The maximum absolute atomic E-state index is 11.9. The molecular formula is C13H21N3O2. The summed E-state index contributed by atoms with van der Waals surface area (Å²) in [7, 11) is 0. The van der Waals surface area contributed by atoms with Crippen molar-refractivity contribution in [3.05, 3.63) is 0 Å². The number of nitrogens with one attached hydrogen (secondary N) is 2. The highest BCUT2D eigenvalue weighted by Crippen LogP contribution is 2.34. The minimum atomic E-state index is -0.125. The zero-order valence-electron chi connectivity index (χ0n) is 11.1. The van der Waals surface area contributed by atoms with Crippen LogP contribution in [0.25, 0.3) is 0 Å². The van der Waals surface area contributed by atoms with E-state index in [2.05, 4.69) is 29.7 Å². The zero-order valence-corrected chi connectivity index (χ0v) is 11.1. The molecule has 1 aliphatic carbocycles. The molecule has 2 amide bonds. The number of hydrogen-bond acceptors (Lipinski definition) is 3. The van der Waals surface area contributed by atoms with Crippen LogP contribution in [0.2, 0.25) is 0 Å². The predicted molar refractivity (Wildman–Crippen MR) is 69.0 cm³/mol. The number of carbonyl (C=O) groups excluding carboxylic acids is 2. The zero-order chi connectivity index (χ0) is 13.2. The molecule has 1 fully saturated rings. The minimum absolute atomic E-state index is 0.119. The van der Waals surface area contributed by atoms with Gasteiger partial charge in [-0.25, -0.2) is 5.43 Å². The highest BCUT2D eigenvalue weighted by atomic mass is 16.2. The van der Waals surface area contributed by atoms with Crippen molar-refractivity contribution in [2.45, 2.75) is 58.4 Å². The van der Waals surface area contributed by atoms with E-state index in [4.69, 9.17) is 0 Å². The summed E-state index contributed by atoms with van der Waals surface area (Å²) in [4.78, 5) is 22.9. The molecule has 1 aliphatic heterocycles. The Balaban J connectivity index is 1.83. The lowest BCUT2D eigenvalue weighted by molar-refractivity contribution is -0.121. The Morgan fingerprint density at radius 2 is 2.00 bits per heavy atom. The molecule has 0 bridgehead atoms. The van der Waals surface area contributed by atoms with E-state index in [-0.39, 0.29) is 17.9 Å². The molecule has 2 aliphatic rings. The molecule has 1 heterocycles. The second-order valence-corrected chi connectivity index (χ2v) is 6.01. The van der Waals surface area contributed by atoms with Gasteiger partial charge in [-0.3, -0.25) is 9.59 Å². The van der Waals surface area contributed by atoms with Crippen molar-refractivity contribution in [3.8, 4) is 0 Å². The first-order valence-electron chi connectivity index (χ1n) is 6.62. The summed E-state index contributed by atoms with van der Waals surface area (Å²) in [5.41, 5.74) is 3.20. The van der Waals surface area contributed by atoms with Crippen LogP contribution < -0.4 is 10.7 Å². The van der Waals surface area contributed by atoms with Crippen LogP contribution in [0, 0.1) is 5.41 Å². The van der Waals surface area contributed by atoms with Crippen molar-refractivity contribution < 1.29 is 9.59 Å². The molecular weight excluding hydrogens is 230 g/mol. The van der Waals surface area contributed by atoms with E-state index < -0.39 is 0 Å². The summed E-state index contributed by atoms with van der Waals surface area (Å²) in [6.07, 6.45) is 5.12. The first-order valence-corrected chi connectivity index (χ1v) is 6.62. The standard InChI is InChI=1S/C13H21N3O2/c1-13(2)7-5-9(6-8-13)14-12(18)10-3-4-11(17)16-15-10/h9H,3-8H2,1-2H3,(H,14,18)(H,16,17). The van der Waals surface area contributed by atoms with Gasteiger partial charge in [-0.2, -0.15) is 5.10 Å². The second-order valence-electron chi connectivity index (χ2n) is 6.01. The quantitative estimate of drug-likeness (QED) is 0.777. The van der Waals surface area contributed by atoms with Crippen LogP contribution in [0.1, 0.15) is 52.4 Å². The van der Waals surface area contributed by atoms with Crippen molar-refractivity contribution in [1.29, 1.82) is 0 Å². The van der Waals surface area contributed by atoms with Gasteiger partial charge in [-0.05, 0) is 31.1 Å². The number of carbonyl (C=O) groups is 2. The summed E-state index contributed by atoms with van der Waals surface area (Å²) in [6.45, 7) is 4.54. The molecule has 100 valence electrons. The molecule has 5 heteroatoms. The van der Waals surface area contributed by atoms with Crippen molar-refractivity contribution in [2.75, 3.05) is 0 Å². The van der Waals surface area contributed by atoms with Crippen LogP contribution in [0.3, 0.4) is 0 Å². The highest BCUT2D eigenvalue weighted by molar-refractivity contribution is 6.39. The fourth-order valence-corrected chi connectivity index (χ4v) is 2.45. The molecule has 18 heavy (non-hydrogen) atoms. The number of hydrogen-bond donors (Lipinski definition) is 2. The number of amides is 2. The lowest BCUT2D eigenvalue weighted by atomic mass is 9.75. The van der Waals surface area contributed by atoms with E-state index in [1.165, 1.54) is 0 Å². The first kappa shape index (κ1) is 13.1. The SMILES string of the molecule is CC1(C)CCC(NC(=O)C2=NNC(=O)CC2)CC1. The highest BCUT2D eigenvalue weighted by Gasteiger charge is 2.28. The van der Waals surface area contributed by atoms with Crippen LogP contribution in [0.5, 0.6) is 0 Å². The van der Waals surface area contributed by atoms with Crippen molar-refractivity contribution in [2.24, 2.45) is 10.5 Å². The molecule has 2 rings (SSSR count). The van der Waals surface area contributed by atoms with Gasteiger partial charge < -0.3 is 5.32 Å². The van der Waals surface area contributed by atoms with Crippen LogP contribution in [0.4, 0.5) is 0 Å². The fourth-order valence-electron chi connectivity index (χ4n) is 2.45. The molecule has 2 N–H and O–H groups in total. The van der Waals surface area contributed by atoms with Gasteiger partial charge in [-0.1, -0.05) is 13.8 Å². The van der Waals surface area contributed by atoms with Crippen molar-refractivity contribution >= 4 is 17.5 Å². The van der Waals surface area contributed by atoms with Gasteiger partial charge in [0, 0.05) is 18.9 Å². The fraction of sp³-hybridized carbons (Fsp3) is 0.769. The molecule has 0 spiro atoms. The molecule has 0 saturated heterocycles. The Morgan fingerprint density at radius 1 is 1.33 bits per heavy atom. The van der Waals surface area contributed by atoms with E-state index in [1.807, 2.05) is 0 Å². The molecule has 0 aromatic heterocycles. The van der Waals surface area contributed by atoms with E-state index in [0.717, 1.165) is 25.7 Å². The van der Waals surface area contributed by atoms with Gasteiger partial charge in [0.25, 0.3) is 5.91 Å². The molecule has 0 aromatic carbocycles. The first-order chi connectivity index (χ1) is 8.46. The third-order valence-corrected chi connectivity index (χ3v) is 3.84. The number of rotatable bonds is 2. The van der Waals surface area contributed by atoms with Crippen molar-refractivity contribution in [1.82, 2.24) is 10.7 Å². The van der Waals surface area contributed by atoms with Crippen LogP contribution >= 0.6 is 0 Å². The lowest BCUT2D eigenvalue weighted by Crippen LogP contribution is -2.44. The van der Waals surface area contributed by atoms with E-state index >= 15 is 0 Å². The summed E-state index contributed by atoms with van der Waals surface area (Å²) in [5, 5.41) is 6.83. The molecule has 0 radical (unpaired) electrons. The number of nitrogens with zero attached hydrogens (tertiary/aromatic N) is 1. The predicted octanol–water partition coefficient (Wildman–Crippen LogP) is 1.34. The van der Waals surface area contributed by atoms with Crippen LogP contribution in [0.15, 0.2) is 5.10 Å².